The predicted molar refractivity (Wildman–Crippen MR) is 116 cm³/mol. The van der Waals surface area contributed by atoms with Crippen LogP contribution in [0.15, 0.2) is 24.3 Å². The summed E-state index contributed by atoms with van der Waals surface area (Å²) in [6.45, 7) is 3.97. The Hall–Kier alpha value is 0.150. The van der Waals surface area contributed by atoms with Gasteiger partial charge in [-0.05, 0) is 37.6 Å². The summed E-state index contributed by atoms with van der Waals surface area (Å²) in [4.78, 5) is 24.4. The number of benzene rings is 1. The van der Waals surface area contributed by atoms with Crippen molar-refractivity contribution < 1.29 is 19.4 Å². The van der Waals surface area contributed by atoms with Crippen molar-refractivity contribution in [2.45, 2.75) is 25.7 Å². The number of rotatable bonds is 4. The molecule has 0 saturated carbocycles. The van der Waals surface area contributed by atoms with Crippen LogP contribution in [0.25, 0.3) is 0 Å². The molecule has 5 nitrogen and oxygen atoms in total. The second kappa shape index (κ2) is 9.02. The summed E-state index contributed by atoms with van der Waals surface area (Å²) >= 11 is 7.05. The minimum atomic E-state index is -0.961. The van der Waals surface area contributed by atoms with E-state index in [0.717, 1.165) is 0 Å². The summed E-state index contributed by atoms with van der Waals surface area (Å²) in [6.07, 6.45) is 0.544. The maximum atomic E-state index is 11.9. The number of ether oxygens (including phenoxy) is 1. The van der Waals surface area contributed by atoms with Gasteiger partial charge in [0, 0.05) is 5.69 Å². The third-order valence-corrected chi connectivity index (χ3v) is 3.26. The Morgan fingerprint density at radius 1 is 1.30 bits per heavy atom. The van der Waals surface area contributed by atoms with Crippen molar-refractivity contribution in [2.24, 2.45) is 5.92 Å². The number of carbonyl (C=O) groups excluding carboxylic acids is 1. The Morgan fingerprint density at radius 3 is 2.13 bits per heavy atom. The second-order valence-corrected chi connectivity index (χ2v) is 17.7. The van der Waals surface area contributed by atoms with E-state index in [1.807, 2.05) is 6.92 Å². The van der Waals surface area contributed by atoms with Gasteiger partial charge in [-0.1, -0.05) is 74.7 Å². The van der Waals surface area contributed by atoms with Gasteiger partial charge in [0.15, 0.2) is 0 Å². The van der Waals surface area contributed by atoms with Crippen molar-refractivity contribution in [3.8, 4) is 5.75 Å². The zero-order valence-corrected chi connectivity index (χ0v) is 19.4. The number of halogens is 3. The van der Waals surface area contributed by atoms with Crippen molar-refractivity contribution in [3.63, 3.8) is 0 Å². The minimum Gasteiger partial charge on any atom is -0.497 e. The van der Waals surface area contributed by atoms with Crippen LogP contribution in [0.5, 0.6) is 5.75 Å². The van der Waals surface area contributed by atoms with Crippen molar-refractivity contribution in [1.82, 2.24) is 0 Å². The molecule has 0 spiro atoms. The summed E-state index contributed by atoms with van der Waals surface area (Å²) in [6, 6.07) is 6.05. The highest BCUT2D eigenvalue weighted by molar-refractivity contribution is 14.3. The number of alkyl halides is 3. The molecule has 0 aromatic heterocycles. The molecular weight excluding hydrogens is 639 g/mol. The zero-order chi connectivity index (χ0) is 17.8. The molecule has 1 heterocycles. The number of β-lactam (4-membered cyclic amide) rings is 1. The fraction of sp³-hybridized carbons (Fsp3) is 0.467. The molecule has 1 aromatic rings. The van der Waals surface area contributed by atoms with E-state index in [-0.39, 0.29) is 5.91 Å². The standard InChI is InChI=1S/C13H15NO4.C2H3I3/c1-3-10-11(13(16)17)14(12(10)15)8-4-6-9(18-2)7-5-8;1-2(3,4)5/h4-7,10-11H,3H2,1-2H3,(H,16,17);1H3/t10?,11-;/m0./s1. The molecule has 1 amide bonds. The molecule has 2 rings (SSSR count). The predicted octanol–water partition coefficient (Wildman–Crippen LogP) is 4.49. The van der Waals surface area contributed by atoms with Crippen LogP contribution in [0.3, 0.4) is 0 Å². The lowest BCUT2D eigenvalue weighted by Crippen LogP contribution is -2.64. The van der Waals surface area contributed by atoms with Crippen LogP contribution in [-0.4, -0.2) is 29.6 Å². The molecule has 1 N–H and O–H groups in total. The second-order valence-electron chi connectivity index (χ2n) is 4.99. The third-order valence-electron chi connectivity index (χ3n) is 3.26. The largest absolute Gasteiger partial charge is 0.497 e. The Kier molecular flexibility index (Phi) is 8.31. The number of nitrogens with zero attached hydrogens (tertiary/aromatic N) is 1. The van der Waals surface area contributed by atoms with Gasteiger partial charge in [0.1, 0.15) is 11.2 Å². The number of amides is 1. The highest BCUT2D eigenvalue weighted by Gasteiger charge is 2.51. The van der Waals surface area contributed by atoms with E-state index >= 15 is 0 Å². The van der Waals surface area contributed by atoms with Gasteiger partial charge in [-0.25, -0.2) is 4.79 Å². The third kappa shape index (κ3) is 6.18. The maximum Gasteiger partial charge on any atom is 0.327 e. The van der Waals surface area contributed by atoms with Gasteiger partial charge >= 0.3 is 5.97 Å². The molecule has 8 heteroatoms. The summed E-state index contributed by atoms with van der Waals surface area (Å²) in [5.74, 6) is -0.831. The summed E-state index contributed by atoms with van der Waals surface area (Å²) in [7, 11) is 1.55. The van der Waals surface area contributed by atoms with E-state index in [1.54, 1.807) is 31.4 Å². The molecule has 128 valence electrons. The van der Waals surface area contributed by atoms with Crippen molar-refractivity contribution in [3.05, 3.63) is 24.3 Å². The first-order chi connectivity index (χ1) is 10.6. The van der Waals surface area contributed by atoms with Crippen molar-refractivity contribution >= 4 is 85.3 Å². The normalized spacial score (nSPS) is 20.3. The first kappa shape index (κ1) is 21.2. The Bertz CT molecular complexity index is 551. The van der Waals surface area contributed by atoms with E-state index in [1.165, 1.54) is 4.90 Å². The first-order valence-electron chi connectivity index (χ1n) is 6.86. The van der Waals surface area contributed by atoms with Gasteiger partial charge in [-0.15, -0.1) is 0 Å². The molecule has 1 aliphatic rings. The van der Waals surface area contributed by atoms with E-state index in [9.17, 15) is 9.59 Å². The number of anilines is 1. The number of carboxylic acid groups (broad SMARTS) is 1. The number of hydrogen-bond donors (Lipinski definition) is 1. The van der Waals surface area contributed by atoms with Crippen molar-refractivity contribution in [2.75, 3.05) is 12.0 Å². The highest BCUT2D eigenvalue weighted by Crippen LogP contribution is 2.35. The van der Waals surface area contributed by atoms with Gasteiger partial charge in [-0.2, -0.15) is 0 Å². The summed E-state index contributed by atoms with van der Waals surface area (Å²) in [5, 5.41) is 9.17. The van der Waals surface area contributed by atoms with Crippen molar-refractivity contribution in [1.29, 1.82) is 0 Å². The van der Waals surface area contributed by atoms with Gasteiger partial charge in [-0.3, -0.25) is 9.69 Å². The van der Waals surface area contributed by atoms with Gasteiger partial charge in [0.2, 0.25) is 5.91 Å². The molecule has 2 atom stereocenters. The van der Waals surface area contributed by atoms with Crippen LogP contribution < -0.4 is 9.64 Å². The number of carbonyl (C=O) groups is 2. The molecule has 0 bridgehead atoms. The molecule has 1 aliphatic heterocycles. The average Bonchev–Trinajstić information content (AvgIpc) is 2.43. The van der Waals surface area contributed by atoms with Crippen LogP contribution in [0, 0.1) is 5.92 Å². The molecule has 0 aliphatic carbocycles. The van der Waals surface area contributed by atoms with Crippen LogP contribution in [0.1, 0.15) is 20.3 Å². The molecule has 23 heavy (non-hydrogen) atoms. The van der Waals surface area contributed by atoms with E-state index in [2.05, 4.69) is 74.7 Å². The quantitative estimate of drug-likeness (QED) is 0.295. The Labute approximate surface area is 176 Å². The highest BCUT2D eigenvalue weighted by atomic mass is 127. The minimum absolute atomic E-state index is 0.130. The topological polar surface area (TPSA) is 66.8 Å². The fourth-order valence-electron chi connectivity index (χ4n) is 2.26. The molecule has 1 unspecified atom stereocenters. The lowest BCUT2D eigenvalue weighted by atomic mass is 9.84. The monoisotopic (exact) mass is 657 g/mol. The first-order valence-corrected chi connectivity index (χ1v) is 10.1. The number of aliphatic carboxylic acids is 1. The number of carboxylic acids is 1. The fourth-order valence-corrected chi connectivity index (χ4v) is 2.26. The molecule has 1 aromatic carbocycles. The van der Waals surface area contributed by atoms with Crippen LogP contribution in [0.2, 0.25) is 0 Å². The van der Waals surface area contributed by atoms with E-state index in [4.69, 9.17) is 9.84 Å². The SMILES string of the molecule is CC(I)(I)I.CCC1C(=O)N(c2ccc(OC)cc2)[C@@H]1C(=O)O. The Morgan fingerprint density at radius 2 is 1.78 bits per heavy atom. The summed E-state index contributed by atoms with van der Waals surface area (Å²) in [5.41, 5.74) is 0.595. The molecule has 0 radical (unpaired) electrons. The van der Waals surface area contributed by atoms with E-state index in [0.29, 0.717) is 17.3 Å². The lowest BCUT2D eigenvalue weighted by molar-refractivity contribution is -0.149. The van der Waals surface area contributed by atoms with Gasteiger partial charge in [0.25, 0.3) is 0 Å². The molecule has 1 fully saturated rings. The van der Waals surface area contributed by atoms with E-state index < -0.39 is 17.9 Å². The smallest absolute Gasteiger partial charge is 0.327 e. The lowest BCUT2D eigenvalue weighted by Gasteiger charge is -2.44. The zero-order valence-electron chi connectivity index (χ0n) is 12.9. The van der Waals surface area contributed by atoms with Gasteiger partial charge in [0.05, 0.1) is 13.0 Å². The number of methoxy groups -OCH3 is 1. The summed E-state index contributed by atoms with van der Waals surface area (Å²) < 4.78 is 5.43. The van der Waals surface area contributed by atoms with Crippen LogP contribution in [0.4, 0.5) is 5.69 Å². The van der Waals surface area contributed by atoms with Gasteiger partial charge < -0.3 is 9.84 Å². The average molecular weight is 657 g/mol. The molecule has 1 saturated heterocycles. The number of hydrogen-bond acceptors (Lipinski definition) is 3. The van der Waals surface area contributed by atoms with Crippen LogP contribution >= 0.6 is 67.8 Å². The maximum absolute atomic E-state index is 11.9. The van der Waals surface area contributed by atoms with Crippen LogP contribution in [-0.2, 0) is 9.59 Å². The molecular formula is C15H18I3NO4. The Balaban J connectivity index is 0.000000463.